The molecule has 86 heavy (non-hydrogen) atoms. The van der Waals surface area contributed by atoms with Gasteiger partial charge in [-0.05, 0) is 174 Å². The Morgan fingerprint density at radius 2 is 0.547 bits per heavy atom. The van der Waals surface area contributed by atoms with E-state index in [0.29, 0.717) is 0 Å². The molecule has 6 nitrogen and oxygen atoms in total. The Morgan fingerprint density at radius 1 is 0.233 bits per heavy atom. The molecule has 0 aliphatic carbocycles. The van der Waals surface area contributed by atoms with Gasteiger partial charge in [0.25, 0.3) is 13.4 Å². The lowest BCUT2D eigenvalue weighted by molar-refractivity contribution is 0.488. The summed E-state index contributed by atoms with van der Waals surface area (Å²) < 4.78 is 15.1. The Balaban J connectivity index is 0.878. The van der Waals surface area contributed by atoms with E-state index in [1.54, 1.807) is 0 Å². The van der Waals surface area contributed by atoms with Crippen molar-refractivity contribution in [2.45, 2.75) is 0 Å². The second-order valence-electron chi connectivity index (χ2n) is 22.7. The van der Waals surface area contributed by atoms with Gasteiger partial charge in [0.1, 0.15) is 23.0 Å². The molecule has 18 rings (SSSR count). The molecular formula is C78H50B2N4O2. The number of para-hydroxylation sites is 8. The van der Waals surface area contributed by atoms with Gasteiger partial charge < -0.3 is 29.1 Å². The molecule has 0 N–H and O–H groups in total. The number of fused-ring (bicyclic) bond motifs is 14. The van der Waals surface area contributed by atoms with Crippen molar-refractivity contribution >= 4 is 147 Å². The summed E-state index contributed by atoms with van der Waals surface area (Å²) in [6.45, 7) is -0.293. The molecule has 0 saturated heterocycles. The molecule has 0 bridgehead atoms. The largest absolute Gasteiger partial charge is 0.458 e. The van der Waals surface area contributed by atoms with E-state index in [9.17, 15) is 0 Å². The van der Waals surface area contributed by atoms with Crippen LogP contribution in [-0.2, 0) is 0 Å². The minimum atomic E-state index is -0.146. The van der Waals surface area contributed by atoms with E-state index in [-0.39, 0.29) is 13.4 Å². The first kappa shape index (κ1) is 48.3. The van der Waals surface area contributed by atoms with E-state index in [1.165, 1.54) is 21.7 Å². The van der Waals surface area contributed by atoms with Gasteiger partial charge in [-0.25, -0.2) is 0 Å². The lowest BCUT2D eigenvalue weighted by atomic mass is 9.34. The fourth-order valence-corrected chi connectivity index (χ4v) is 14.5. The maximum Gasteiger partial charge on any atom is 0.256 e. The first-order chi connectivity index (χ1) is 42.7. The number of anilines is 12. The average molecular weight is 1100 g/mol. The van der Waals surface area contributed by atoms with E-state index in [4.69, 9.17) is 9.47 Å². The molecule has 14 aromatic carbocycles. The third-order valence-electron chi connectivity index (χ3n) is 18.0. The number of hydrogen-bond donors (Lipinski definition) is 0. The van der Waals surface area contributed by atoms with Crippen LogP contribution in [0.5, 0.6) is 23.0 Å². The van der Waals surface area contributed by atoms with Gasteiger partial charge in [-0.15, -0.1) is 0 Å². The molecule has 4 aliphatic heterocycles. The zero-order valence-corrected chi connectivity index (χ0v) is 46.6. The lowest BCUT2D eigenvalue weighted by Crippen LogP contribution is -2.59. The first-order valence-electron chi connectivity index (χ1n) is 29.5. The molecule has 0 saturated carbocycles. The number of nitrogens with zero attached hydrogens (tertiary/aromatic N) is 4. The monoisotopic (exact) mass is 1100 g/mol. The molecule has 4 heterocycles. The molecular weight excluding hydrogens is 1050 g/mol. The Morgan fingerprint density at radius 3 is 0.919 bits per heavy atom. The lowest BCUT2D eigenvalue weighted by Gasteiger charge is -2.41. The van der Waals surface area contributed by atoms with Crippen LogP contribution in [0.3, 0.4) is 0 Å². The molecule has 0 spiro atoms. The van der Waals surface area contributed by atoms with Crippen molar-refractivity contribution in [3.05, 3.63) is 303 Å². The van der Waals surface area contributed by atoms with Crippen LogP contribution in [0, 0.1) is 0 Å². The van der Waals surface area contributed by atoms with E-state index < -0.39 is 0 Å². The topological polar surface area (TPSA) is 31.4 Å². The summed E-state index contributed by atoms with van der Waals surface area (Å²) in [7, 11) is 0. The predicted molar refractivity (Wildman–Crippen MR) is 360 cm³/mol. The maximum absolute atomic E-state index is 7.53. The van der Waals surface area contributed by atoms with Crippen LogP contribution in [0.1, 0.15) is 0 Å². The normalized spacial score (nSPS) is 13.0. The molecule has 0 atom stereocenters. The summed E-state index contributed by atoms with van der Waals surface area (Å²) >= 11 is 0. The smallest absolute Gasteiger partial charge is 0.256 e. The molecule has 0 unspecified atom stereocenters. The van der Waals surface area contributed by atoms with Crippen LogP contribution < -0.4 is 61.9 Å². The molecule has 400 valence electrons. The van der Waals surface area contributed by atoms with Gasteiger partial charge in [-0.3, -0.25) is 0 Å². The highest BCUT2D eigenvalue weighted by molar-refractivity contribution is 7.00. The van der Waals surface area contributed by atoms with Crippen LogP contribution >= 0.6 is 0 Å². The summed E-state index contributed by atoms with van der Waals surface area (Å²) in [5.74, 6) is 3.39. The van der Waals surface area contributed by atoms with Gasteiger partial charge in [0.15, 0.2) is 0 Å². The summed E-state index contributed by atoms with van der Waals surface area (Å²) in [4.78, 5) is 9.55. The van der Waals surface area contributed by atoms with Crippen molar-refractivity contribution in [2.75, 3.05) is 19.6 Å². The molecule has 0 fully saturated rings. The number of rotatable bonds is 8. The van der Waals surface area contributed by atoms with Crippen molar-refractivity contribution in [3.8, 4) is 23.0 Å². The molecule has 8 heteroatoms. The summed E-state index contributed by atoms with van der Waals surface area (Å²) in [6, 6.07) is 110. The zero-order chi connectivity index (χ0) is 56.4. The Kier molecular flexibility index (Phi) is 10.8. The SMILES string of the molecule is c1ccc(N(c2ccccc2)c2cc3c4c(c2)N(c2ccccc2)c2ccccc2B4c2cc4c(cc2O3)c2ccccc2c2cc3c(cc24)B2c4ccccc4N(c4ccccc4)c4cc(N(c5ccccc5)c5ccccc5)cc(c42)O3)cc1. The van der Waals surface area contributed by atoms with Gasteiger partial charge in [0.2, 0.25) is 0 Å². The van der Waals surface area contributed by atoms with Crippen LogP contribution in [0.4, 0.5) is 68.2 Å². The van der Waals surface area contributed by atoms with Gasteiger partial charge >= 0.3 is 0 Å². The van der Waals surface area contributed by atoms with Crippen LogP contribution in [0.25, 0.3) is 32.3 Å². The quantitative estimate of drug-likeness (QED) is 0.111. The Bertz CT molecular complexity index is 4640. The third kappa shape index (κ3) is 7.36. The standard InChI is InChI=1S/C78H50B2N4O2/c1-7-25-51(26-8-1)81(52-27-9-2-10-28-52)57-43-71-77-75(45-57)85-73-49-63-59-37-19-20-38-60(59)64-50-74-68(48-62(64)61(63)47-67(73)79(77)65-39-21-23-41-69(65)83(71)55-33-15-5-16-34-55)80-66-40-22-24-42-70(66)84(56-35-17-6-18-36-56)72-44-58(46-76(86-74)78(72)80)82(53-29-11-3-12-30-53)54-31-13-4-14-32-54/h1-50H. The van der Waals surface area contributed by atoms with Crippen LogP contribution in [0.15, 0.2) is 303 Å². The van der Waals surface area contributed by atoms with E-state index in [2.05, 4.69) is 323 Å². The Hall–Kier alpha value is -11.2. The fourth-order valence-electron chi connectivity index (χ4n) is 14.5. The minimum absolute atomic E-state index is 0.146. The summed E-state index contributed by atoms with van der Waals surface area (Å²) in [6.07, 6.45) is 0. The molecule has 4 aliphatic rings. The van der Waals surface area contributed by atoms with E-state index in [0.717, 1.165) is 135 Å². The van der Waals surface area contributed by atoms with Crippen molar-refractivity contribution in [1.82, 2.24) is 0 Å². The average Bonchev–Trinajstić information content (AvgIpc) is 0.878. The molecule has 14 aromatic rings. The second kappa shape index (κ2) is 19.2. The predicted octanol–water partition coefficient (Wildman–Crippen LogP) is 16.9. The highest BCUT2D eigenvalue weighted by Crippen LogP contribution is 2.50. The van der Waals surface area contributed by atoms with Gasteiger partial charge in [0, 0.05) is 69.0 Å². The number of ether oxygens (including phenoxy) is 2. The maximum atomic E-state index is 7.53. The van der Waals surface area contributed by atoms with Crippen LogP contribution in [0.2, 0.25) is 0 Å². The summed E-state index contributed by atoms with van der Waals surface area (Å²) in [5, 5.41) is 6.93. The van der Waals surface area contributed by atoms with Crippen molar-refractivity contribution in [1.29, 1.82) is 0 Å². The third-order valence-corrected chi connectivity index (χ3v) is 18.0. The van der Waals surface area contributed by atoms with Gasteiger partial charge in [-0.2, -0.15) is 0 Å². The molecule has 0 aromatic heterocycles. The van der Waals surface area contributed by atoms with E-state index in [1.807, 2.05) is 0 Å². The second-order valence-corrected chi connectivity index (χ2v) is 22.7. The van der Waals surface area contributed by atoms with Crippen molar-refractivity contribution in [3.63, 3.8) is 0 Å². The van der Waals surface area contributed by atoms with Crippen LogP contribution in [-0.4, -0.2) is 13.4 Å². The summed E-state index contributed by atoms with van der Waals surface area (Å²) in [5.41, 5.74) is 19.9. The number of benzene rings is 14. The molecule has 0 amide bonds. The highest BCUT2D eigenvalue weighted by Gasteiger charge is 2.45. The minimum Gasteiger partial charge on any atom is -0.458 e. The molecule has 0 radical (unpaired) electrons. The highest BCUT2D eigenvalue weighted by atomic mass is 16.5. The van der Waals surface area contributed by atoms with Crippen molar-refractivity contribution in [2.24, 2.45) is 0 Å². The van der Waals surface area contributed by atoms with Crippen molar-refractivity contribution < 1.29 is 9.47 Å². The Labute approximate surface area is 499 Å². The fraction of sp³-hybridized carbons (Fsp3) is 0. The number of hydrogen-bond acceptors (Lipinski definition) is 6. The zero-order valence-electron chi connectivity index (χ0n) is 46.6. The van der Waals surface area contributed by atoms with E-state index >= 15 is 0 Å². The first-order valence-corrected chi connectivity index (χ1v) is 29.5. The van der Waals surface area contributed by atoms with Gasteiger partial charge in [0.05, 0.1) is 11.4 Å². The van der Waals surface area contributed by atoms with Gasteiger partial charge in [-0.1, -0.05) is 182 Å².